The van der Waals surface area contributed by atoms with Gasteiger partial charge in [0.2, 0.25) is 0 Å². The number of benzene rings is 2. The van der Waals surface area contributed by atoms with E-state index in [-0.39, 0.29) is 30.3 Å². The number of hydrogen-bond acceptors (Lipinski definition) is 5. The summed E-state index contributed by atoms with van der Waals surface area (Å²) in [5.41, 5.74) is 0.716. The number of aliphatic hydroxyl groups is 1. The number of aliphatic hydroxyl groups excluding tert-OH is 1. The van der Waals surface area contributed by atoms with E-state index in [2.05, 4.69) is 0 Å². The number of phenols is 1. The SMILES string of the molecule is CC(OCCO)Oc1ccc(C(=O)c2ccccc2)c(O)c1. The lowest BCUT2D eigenvalue weighted by molar-refractivity contribution is -0.0761. The number of rotatable bonds is 7. The summed E-state index contributed by atoms with van der Waals surface area (Å²) in [7, 11) is 0. The lowest BCUT2D eigenvalue weighted by Crippen LogP contribution is -2.18. The number of ketones is 1. The van der Waals surface area contributed by atoms with Crippen molar-refractivity contribution in [1.82, 2.24) is 0 Å². The molecule has 116 valence electrons. The Morgan fingerprint density at radius 2 is 1.91 bits per heavy atom. The fourth-order valence-electron chi connectivity index (χ4n) is 1.97. The molecule has 0 spiro atoms. The van der Waals surface area contributed by atoms with E-state index in [0.29, 0.717) is 11.3 Å². The standard InChI is InChI=1S/C17H18O5/c1-12(21-10-9-18)22-14-7-8-15(16(19)11-14)17(20)13-5-3-2-4-6-13/h2-8,11-12,18-19H,9-10H2,1H3. The molecule has 5 heteroatoms. The van der Waals surface area contributed by atoms with Gasteiger partial charge in [0.15, 0.2) is 12.1 Å². The molecule has 1 atom stereocenters. The second-order valence-electron chi connectivity index (χ2n) is 4.65. The number of aromatic hydroxyl groups is 1. The minimum atomic E-state index is -0.567. The van der Waals surface area contributed by atoms with Gasteiger partial charge in [0.1, 0.15) is 11.5 Å². The van der Waals surface area contributed by atoms with Crippen LogP contribution in [-0.4, -0.2) is 35.5 Å². The van der Waals surface area contributed by atoms with Crippen LogP contribution >= 0.6 is 0 Å². The minimum Gasteiger partial charge on any atom is -0.507 e. The van der Waals surface area contributed by atoms with E-state index in [4.69, 9.17) is 14.6 Å². The summed E-state index contributed by atoms with van der Waals surface area (Å²) in [5.74, 6) is -0.0255. The third-order valence-electron chi connectivity index (χ3n) is 3.00. The second-order valence-corrected chi connectivity index (χ2v) is 4.65. The summed E-state index contributed by atoms with van der Waals surface area (Å²) in [6.07, 6.45) is -0.567. The van der Waals surface area contributed by atoms with Gasteiger partial charge >= 0.3 is 0 Å². The first kappa shape index (κ1) is 16.0. The summed E-state index contributed by atoms with van der Waals surface area (Å²) in [5, 5.41) is 18.7. The Hall–Kier alpha value is -2.37. The summed E-state index contributed by atoms with van der Waals surface area (Å²) < 4.78 is 10.6. The zero-order valence-corrected chi connectivity index (χ0v) is 12.2. The van der Waals surface area contributed by atoms with Crippen LogP contribution in [0.4, 0.5) is 0 Å². The predicted molar refractivity (Wildman–Crippen MR) is 81.1 cm³/mol. The Labute approximate surface area is 128 Å². The Bertz CT molecular complexity index is 624. The molecule has 1 unspecified atom stereocenters. The Morgan fingerprint density at radius 3 is 2.55 bits per heavy atom. The van der Waals surface area contributed by atoms with Crippen molar-refractivity contribution in [2.75, 3.05) is 13.2 Å². The van der Waals surface area contributed by atoms with E-state index in [1.807, 2.05) is 6.07 Å². The monoisotopic (exact) mass is 302 g/mol. The molecule has 2 aromatic rings. The topological polar surface area (TPSA) is 76.0 Å². The van der Waals surface area contributed by atoms with Gasteiger partial charge in [0.25, 0.3) is 0 Å². The maximum absolute atomic E-state index is 12.3. The fourth-order valence-corrected chi connectivity index (χ4v) is 1.97. The molecular weight excluding hydrogens is 284 g/mol. The maximum Gasteiger partial charge on any atom is 0.197 e. The normalized spacial score (nSPS) is 11.9. The average molecular weight is 302 g/mol. The quantitative estimate of drug-likeness (QED) is 0.606. The van der Waals surface area contributed by atoms with Crippen molar-refractivity contribution in [1.29, 1.82) is 0 Å². The smallest absolute Gasteiger partial charge is 0.197 e. The Morgan fingerprint density at radius 1 is 1.18 bits per heavy atom. The van der Waals surface area contributed by atoms with Gasteiger partial charge < -0.3 is 19.7 Å². The van der Waals surface area contributed by atoms with Gasteiger partial charge in [0.05, 0.1) is 18.8 Å². The first-order chi connectivity index (χ1) is 10.6. The van der Waals surface area contributed by atoms with Gasteiger partial charge in [-0.1, -0.05) is 30.3 Å². The number of carbonyl (C=O) groups is 1. The summed E-state index contributed by atoms with van der Waals surface area (Å²) in [6, 6.07) is 13.2. The van der Waals surface area contributed by atoms with E-state index in [1.54, 1.807) is 37.3 Å². The summed E-state index contributed by atoms with van der Waals surface area (Å²) in [6.45, 7) is 1.75. The molecule has 0 fully saturated rings. The molecule has 0 radical (unpaired) electrons. The lowest BCUT2D eigenvalue weighted by Gasteiger charge is -2.15. The lowest BCUT2D eigenvalue weighted by atomic mass is 10.0. The third kappa shape index (κ3) is 4.07. The Kier molecular flexibility index (Phi) is 5.52. The van der Waals surface area contributed by atoms with Crippen LogP contribution in [0, 0.1) is 0 Å². The van der Waals surface area contributed by atoms with Gasteiger partial charge in [-0.2, -0.15) is 0 Å². The van der Waals surface area contributed by atoms with Gasteiger partial charge in [0, 0.05) is 11.6 Å². The van der Waals surface area contributed by atoms with E-state index >= 15 is 0 Å². The summed E-state index contributed by atoms with van der Waals surface area (Å²) in [4.78, 5) is 12.3. The molecule has 2 aromatic carbocycles. The van der Waals surface area contributed by atoms with Crippen molar-refractivity contribution in [2.24, 2.45) is 0 Å². The van der Waals surface area contributed by atoms with E-state index in [9.17, 15) is 9.90 Å². The van der Waals surface area contributed by atoms with Crippen molar-refractivity contribution < 1.29 is 24.5 Å². The van der Waals surface area contributed by atoms with Crippen LogP contribution in [0.25, 0.3) is 0 Å². The molecule has 0 aliphatic heterocycles. The average Bonchev–Trinajstić information content (AvgIpc) is 2.53. The van der Waals surface area contributed by atoms with Crippen molar-refractivity contribution in [3.63, 3.8) is 0 Å². The van der Waals surface area contributed by atoms with Crippen molar-refractivity contribution in [3.8, 4) is 11.5 Å². The molecule has 0 heterocycles. The van der Waals surface area contributed by atoms with Gasteiger partial charge in [-0.25, -0.2) is 0 Å². The molecular formula is C17H18O5. The molecule has 0 aromatic heterocycles. The molecule has 0 saturated heterocycles. The first-order valence-electron chi connectivity index (χ1n) is 6.93. The van der Waals surface area contributed by atoms with E-state index in [1.165, 1.54) is 12.1 Å². The van der Waals surface area contributed by atoms with Crippen LogP contribution in [0.2, 0.25) is 0 Å². The number of hydrogen-bond donors (Lipinski definition) is 2. The molecule has 2 N–H and O–H groups in total. The number of ether oxygens (including phenoxy) is 2. The van der Waals surface area contributed by atoms with E-state index < -0.39 is 6.29 Å². The van der Waals surface area contributed by atoms with E-state index in [0.717, 1.165) is 0 Å². The third-order valence-corrected chi connectivity index (χ3v) is 3.00. The molecule has 0 aliphatic rings. The fraction of sp³-hybridized carbons (Fsp3) is 0.235. The molecule has 0 amide bonds. The van der Waals surface area contributed by atoms with Crippen molar-refractivity contribution in [2.45, 2.75) is 13.2 Å². The highest BCUT2D eigenvalue weighted by molar-refractivity contribution is 6.10. The number of phenolic OH excluding ortho intramolecular Hbond substituents is 1. The summed E-state index contributed by atoms with van der Waals surface area (Å²) >= 11 is 0. The zero-order valence-electron chi connectivity index (χ0n) is 12.2. The molecule has 0 aliphatic carbocycles. The van der Waals surface area contributed by atoms with Gasteiger partial charge in [-0.05, 0) is 19.1 Å². The molecule has 0 bridgehead atoms. The number of carbonyl (C=O) groups excluding carboxylic acids is 1. The zero-order chi connectivity index (χ0) is 15.9. The van der Waals surface area contributed by atoms with Crippen LogP contribution in [0.15, 0.2) is 48.5 Å². The van der Waals surface area contributed by atoms with Crippen molar-refractivity contribution in [3.05, 3.63) is 59.7 Å². The van der Waals surface area contributed by atoms with Crippen LogP contribution in [0.5, 0.6) is 11.5 Å². The molecule has 22 heavy (non-hydrogen) atoms. The van der Waals surface area contributed by atoms with Gasteiger partial charge in [-0.3, -0.25) is 4.79 Å². The molecule has 2 rings (SSSR count). The van der Waals surface area contributed by atoms with Crippen molar-refractivity contribution >= 4 is 5.78 Å². The molecule has 5 nitrogen and oxygen atoms in total. The predicted octanol–water partition coefficient (Wildman–Crippen LogP) is 2.36. The van der Waals surface area contributed by atoms with Crippen LogP contribution in [0.1, 0.15) is 22.8 Å². The highest BCUT2D eigenvalue weighted by Crippen LogP contribution is 2.26. The molecule has 0 saturated carbocycles. The highest BCUT2D eigenvalue weighted by Gasteiger charge is 2.14. The Balaban J connectivity index is 2.11. The van der Waals surface area contributed by atoms with Crippen LogP contribution < -0.4 is 4.74 Å². The largest absolute Gasteiger partial charge is 0.507 e. The maximum atomic E-state index is 12.3. The second kappa shape index (κ2) is 7.59. The van der Waals surface area contributed by atoms with Crippen LogP contribution in [-0.2, 0) is 4.74 Å². The first-order valence-corrected chi connectivity index (χ1v) is 6.93. The van der Waals surface area contributed by atoms with Crippen LogP contribution in [0.3, 0.4) is 0 Å². The van der Waals surface area contributed by atoms with Gasteiger partial charge in [-0.15, -0.1) is 0 Å². The minimum absolute atomic E-state index is 0.0938. The highest BCUT2D eigenvalue weighted by atomic mass is 16.7.